The van der Waals surface area contributed by atoms with Crippen molar-refractivity contribution in [1.29, 1.82) is 0 Å². The Hall–Kier alpha value is -0.350. The lowest BCUT2D eigenvalue weighted by Gasteiger charge is -2.09. The van der Waals surface area contributed by atoms with Gasteiger partial charge in [-0.15, -0.1) is 0 Å². The lowest BCUT2D eigenvalue weighted by Crippen LogP contribution is -2.09. The van der Waals surface area contributed by atoms with Crippen LogP contribution in [0.4, 0.5) is 0 Å². The molecule has 1 heterocycles. The molecule has 4 heteroatoms. The number of hydrogen-bond acceptors (Lipinski definition) is 2. The molecule has 0 saturated heterocycles. The molecule has 80 valence electrons. The number of aliphatic hydroxyl groups excluding tert-OH is 1. The molecule has 14 heavy (non-hydrogen) atoms. The quantitative estimate of drug-likeness (QED) is 0.883. The molecule has 1 aromatic rings. The summed E-state index contributed by atoms with van der Waals surface area (Å²) in [5.41, 5.74) is 1.15. The molecular weight excluding hydrogens is 244 g/mol. The fourth-order valence-electron chi connectivity index (χ4n) is 1.50. The minimum Gasteiger partial charge on any atom is -0.393 e. The molecule has 0 saturated carbocycles. The highest BCUT2D eigenvalue weighted by molar-refractivity contribution is 9.10. The third-order valence-corrected chi connectivity index (χ3v) is 3.01. The minimum absolute atomic E-state index is 0.179. The van der Waals surface area contributed by atoms with Crippen LogP contribution in [0.5, 0.6) is 0 Å². The average molecular weight is 261 g/mol. The van der Waals surface area contributed by atoms with Gasteiger partial charge in [0.05, 0.1) is 22.5 Å². The highest BCUT2D eigenvalue weighted by Gasteiger charge is 2.08. The van der Waals surface area contributed by atoms with Gasteiger partial charge < -0.3 is 5.11 Å². The summed E-state index contributed by atoms with van der Waals surface area (Å²) in [6.07, 6.45) is 5.22. The highest BCUT2D eigenvalue weighted by atomic mass is 79.9. The van der Waals surface area contributed by atoms with Crippen molar-refractivity contribution in [2.45, 2.75) is 38.7 Å². The van der Waals surface area contributed by atoms with Gasteiger partial charge in [0.15, 0.2) is 0 Å². The smallest absolute Gasteiger partial charge is 0.0635 e. The zero-order valence-electron chi connectivity index (χ0n) is 8.70. The van der Waals surface area contributed by atoms with Gasteiger partial charge in [-0.05, 0) is 35.2 Å². The topological polar surface area (TPSA) is 38.1 Å². The molecule has 1 atom stereocenters. The van der Waals surface area contributed by atoms with E-state index in [1.54, 1.807) is 6.20 Å². The fourth-order valence-corrected chi connectivity index (χ4v) is 2.04. The zero-order valence-corrected chi connectivity index (χ0v) is 10.3. The normalized spacial score (nSPS) is 13.1. The molecule has 0 aliphatic heterocycles. The first-order valence-corrected chi connectivity index (χ1v) is 5.79. The molecular formula is C10H17BrN2O. The van der Waals surface area contributed by atoms with Gasteiger partial charge in [0.25, 0.3) is 0 Å². The standard InChI is InChI=1S/C10H17BrN2O/c1-3-4-8(14)5-6-10-9(11)7-12-13(10)2/h7-8,14H,3-6H2,1-2H3. The number of hydrogen-bond donors (Lipinski definition) is 1. The van der Waals surface area contributed by atoms with Gasteiger partial charge in [0.1, 0.15) is 0 Å². The van der Waals surface area contributed by atoms with E-state index in [1.807, 2.05) is 11.7 Å². The van der Waals surface area contributed by atoms with E-state index in [1.165, 1.54) is 0 Å². The highest BCUT2D eigenvalue weighted by Crippen LogP contribution is 2.17. The Morgan fingerprint density at radius 3 is 2.79 bits per heavy atom. The molecule has 0 aliphatic carbocycles. The van der Waals surface area contributed by atoms with Crippen LogP contribution in [0.1, 0.15) is 31.9 Å². The minimum atomic E-state index is -0.179. The maximum atomic E-state index is 9.58. The van der Waals surface area contributed by atoms with E-state index in [9.17, 15) is 5.11 Å². The Balaban J connectivity index is 2.45. The van der Waals surface area contributed by atoms with Crippen LogP contribution >= 0.6 is 15.9 Å². The second-order valence-corrected chi connectivity index (χ2v) is 4.40. The van der Waals surface area contributed by atoms with E-state index in [-0.39, 0.29) is 6.10 Å². The van der Waals surface area contributed by atoms with Crippen molar-refractivity contribution in [3.8, 4) is 0 Å². The van der Waals surface area contributed by atoms with Crippen LogP contribution < -0.4 is 0 Å². The van der Waals surface area contributed by atoms with Gasteiger partial charge in [-0.1, -0.05) is 13.3 Å². The Morgan fingerprint density at radius 2 is 2.29 bits per heavy atom. The number of halogens is 1. The van der Waals surface area contributed by atoms with Crippen LogP contribution in [0.2, 0.25) is 0 Å². The summed E-state index contributed by atoms with van der Waals surface area (Å²) in [5, 5.41) is 13.7. The number of aryl methyl sites for hydroxylation is 1. The van der Waals surface area contributed by atoms with Crippen molar-refractivity contribution in [3.63, 3.8) is 0 Å². The molecule has 3 nitrogen and oxygen atoms in total. The Labute approximate surface area is 93.3 Å². The van der Waals surface area contributed by atoms with Gasteiger partial charge >= 0.3 is 0 Å². The SMILES string of the molecule is CCCC(O)CCc1c(Br)cnn1C. The van der Waals surface area contributed by atoms with E-state index in [2.05, 4.69) is 28.0 Å². The van der Waals surface area contributed by atoms with Crippen molar-refractivity contribution < 1.29 is 5.11 Å². The van der Waals surface area contributed by atoms with Gasteiger partial charge in [0.2, 0.25) is 0 Å². The third kappa shape index (κ3) is 3.10. The van der Waals surface area contributed by atoms with E-state index in [0.29, 0.717) is 0 Å². The zero-order chi connectivity index (χ0) is 10.6. The van der Waals surface area contributed by atoms with Gasteiger partial charge in [-0.2, -0.15) is 5.10 Å². The van der Waals surface area contributed by atoms with Crippen molar-refractivity contribution in [1.82, 2.24) is 9.78 Å². The van der Waals surface area contributed by atoms with E-state index in [4.69, 9.17) is 0 Å². The van der Waals surface area contributed by atoms with Crippen LogP contribution in [0.3, 0.4) is 0 Å². The molecule has 1 unspecified atom stereocenters. The van der Waals surface area contributed by atoms with Crippen LogP contribution in [-0.2, 0) is 13.5 Å². The second kappa shape index (κ2) is 5.51. The summed E-state index contributed by atoms with van der Waals surface area (Å²) < 4.78 is 2.88. The predicted octanol–water partition coefficient (Wildman–Crippen LogP) is 2.28. The van der Waals surface area contributed by atoms with Gasteiger partial charge in [-0.3, -0.25) is 4.68 Å². The Kier molecular flexibility index (Phi) is 4.62. The largest absolute Gasteiger partial charge is 0.393 e. The molecule has 0 spiro atoms. The number of aliphatic hydroxyl groups is 1. The number of nitrogens with zero attached hydrogens (tertiary/aromatic N) is 2. The van der Waals surface area contributed by atoms with Crippen LogP contribution in [0.25, 0.3) is 0 Å². The first-order valence-electron chi connectivity index (χ1n) is 4.99. The fraction of sp³-hybridized carbons (Fsp3) is 0.700. The first kappa shape index (κ1) is 11.7. The van der Waals surface area contributed by atoms with Crippen molar-refractivity contribution in [3.05, 3.63) is 16.4 Å². The monoisotopic (exact) mass is 260 g/mol. The van der Waals surface area contributed by atoms with Crippen LogP contribution in [-0.4, -0.2) is 21.0 Å². The molecule has 0 radical (unpaired) electrons. The Bertz CT molecular complexity index is 266. The van der Waals surface area contributed by atoms with Crippen molar-refractivity contribution in [2.75, 3.05) is 0 Å². The average Bonchev–Trinajstić information content (AvgIpc) is 2.44. The van der Waals surface area contributed by atoms with Crippen LogP contribution in [0, 0.1) is 0 Å². The molecule has 1 rings (SSSR count). The molecule has 0 aliphatic rings. The maximum Gasteiger partial charge on any atom is 0.0635 e. The summed E-state index contributed by atoms with van der Waals surface area (Å²) in [6.45, 7) is 2.09. The molecule has 0 fully saturated rings. The molecule has 1 aromatic heterocycles. The molecule has 1 N–H and O–H groups in total. The lowest BCUT2D eigenvalue weighted by atomic mass is 10.1. The van der Waals surface area contributed by atoms with E-state index in [0.717, 1.165) is 35.8 Å². The van der Waals surface area contributed by atoms with Gasteiger partial charge in [-0.25, -0.2) is 0 Å². The summed E-state index contributed by atoms with van der Waals surface area (Å²) in [4.78, 5) is 0. The summed E-state index contributed by atoms with van der Waals surface area (Å²) >= 11 is 3.44. The third-order valence-electron chi connectivity index (χ3n) is 2.35. The van der Waals surface area contributed by atoms with Gasteiger partial charge in [0, 0.05) is 7.05 Å². The molecule has 0 amide bonds. The van der Waals surface area contributed by atoms with Crippen LogP contribution in [0.15, 0.2) is 10.7 Å². The molecule has 0 aromatic carbocycles. The second-order valence-electron chi connectivity index (χ2n) is 3.54. The Morgan fingerprint density at radius 1 is 1.57 bits per heavy atom. The predicted molar refractivity (Wildman–Crippen MR) is 60.1 cm³/mol. The van der Waals surface area contributed by atoms with E-state index < -0.39 is 0 Å². The summed E-state index contributed by atoms with van der Waals surface area (Å²) in [6, 6.07) is 0. The lowest BCUT2D eigenvalue weighted by molar-refractivity contribution is 0.153. The van der Waals surface area contributed by atoms with Crippen molar-refractivity contribution >= 4 is 15.9 Å². The maximum absolute atomic E-state index is 9.58. The molecule has 0 bridgehead atoms. The summed E-state index contributed by atoms with van der Waals surface area (Å²) in [7, 11) is 1.92. The van der Waals surface area contributed by atoms with Crippen molar-refractivity contribution in [2.24, 2.45) is 7.05 Å². The number of aromatic nitrogens is 2. The first-order chi connectivity index (χ1) is 6.65. The number of rotatable bonds is 5. The summed E-state index contributed by atoms with van der Waals surface area (Å²) in [5.74, 6) is 0. The van der Waals surface area contributed by atoms with E-state index >= 15 is 0 Å².